The van der Waals surface area contributed by atoms with Crippen LogP contribution < -0.4 is 9.64 Å². The zero-order valence-electron chi connectivity index (χ0n) is 17.2. The molecule has 7 nitrogen and oxygen atoms in total. The van der Waals surface area contributed by atoms with E-state index >= 15 is 0 Å². The normalized spacial score (nSPS) is 16.3. The number of hydrogen-bond acceptors (Lipinski definition) is 7. The average molecular weight is 413 g/mol. The van der Waals surface area contributed by atoms with Gasteiger partial charge in [-0.1, -0.05) is 19.9 Å². The van der Waals surface area contributed by atoms with E-state index in [0.717, 1.165) is 44.3 Å². The summed E-state index contributed by atoms with van der Waals surface area (Å²) in [4.78, 5) is 6.23. The maximum absolute atomic E-state index is 5.27. The van der Waals surface area contributed by atoms with E-state index in [1.807, 2.05) is 16.8 Å². The Bertz CT molecular complexity index is 884. The van der Waals surface area contributed by atoms with Gasteiger partial charge in [0.25, 0.3) is 0 Å². The Morgan fingerprint density at radius 1 is 1.07 bits per heavy atom. The van der Waals surface area contributed by atoms with Gasteiger partial charge in [0.1, 0.15) is 5.75 Å². The molecule has 1 aromatic carbocycles. The molecule has 29 heavy (non-hydrogen) atoms. The molecule has 2 aromatic heterocycles. The Morgan fingerprint density at radius 2 is 1.83 bits per heavy atom. The van der Waals surface area contributed by atoms with Crippen LogP contribution in [0.5, 0.6) is 5.75 Å². The Labute approximate surface area is 175 Å². The van der Waals surface area contributed by atoms with Crippen molar-refractivity contribution in [2.75, 3.05) is 38.2 Å². The smallest absolute Gasteiger partial charge is 0.169 e. The van der Waals surface area contributed by atoms with Gasteiger partial charge in [-0.2, -0.15) is 0 Å². The van der Waals surface area contributed by atoms with E-state index in [1.165, 1.54) is 10.6 Å². The quantitative estimate of drug-likeness (QED) is 0.593. The number of benzene rings is 1. The SMILES string of the molecule is COc1ccc(N2CCN([C@@H](c3nnnn3Cc3cccs3)C(C)C)CC2)cc1. The van der Waals surface area contributed by atoms with Crippen molar-refractivity contribution in [3.63, 3.8) is 0 Å². The summed E-state index contributed by atoms with van der Waals surface area (Å²) in [6.45, 7) is 9.19. The van der Waals surface area contributed by atoms with Gasteiger partial charge in [-0.05, 0) is 52.1 Å². The number of hydrogen-bond donors (Lipinski definition) is 0. The molecular weight excluding hydrogens is 384 g/mol. The lowest BCUT2D eigenvalue weighted by Crippen LogP contribution is -2.49. The second-order valence-corrected chi connectivity index (χ2v) is 8.72. The van der Waals surface area contributed by atoms with E-state index in [4.69, 9.17) is 4.74 Å². The fourth-order valence-corrected chi connectivity index (χ4v) is 4.71. The van der Waals surface area contributed by atoms with E-state index in [1.54, 1.807) is 18.4 Å². The highest BCUT2D eigenvalue weighted by Gasteiger charge is 2.31. The average Bonchev–Trinajstić information content (AvgIpc) is 3.42. The minimum Gasteiger partial charge on any atom is -0.497 e. The molecule has 1 aliphatic rings. The molecule has 0 aliphatic carbocycles. The molecule has 3 aromatic rings. The Kier molecular flexibility index (Phi) is 6.10. The number of nitrogens with zero attached hydrogens (tertiary/aromatic N) is 6. The molecule has 1 aliphatic heterocycles. The molecule has 154 valence electrons. The van der Waals surface area contributed by atoms with Crippen molar-refractivity contribution >= 4 is 17.0 Å². The van der Waals surface area contributed by atoms with Gasteiger partial charge >= 0.3 is 0 Å². The summed E-state index contributed by atoms with van der Waals surface area (Å²) in [7, 11) is 1.70. The van der Waals surface area contributed by atoms with E-state index in [0.29, 0.717) is 5.92 Å². The number of anilines is 1. The number of thiophene rings is 1. The second-order valence-electron chi connectivity index (χ2n) is 7.68. The first-order chi connectivity index (χ1) is 14.2. The summed E-state index contributed by atoms with van der Waals surface area (Å²) in [6.07, 6.45) is 0. The molecule has 4 rings (SSSR count). The second kappa shape index (κ2) is 8.92. The van der Waals surface area contributed by atoms with Crippen molar-refractivity contribution < 1.29 is 4.74 Å². The molecule has 1 saturated heterocycles. The lowest BCUT2D eigenvalue weighted by atomic mass is 10.0. The Balaban J connectivity index is 1.46. The third kappa shape index (κ3) is 4.43. The molecule has 0 unspecified atom stereocenters. The lowest BCUT2D eigenvalue weighted by Gasteiger charge is -2.41. The van der Waals surface area contributed by atoms with Gasteiger partial charge in [-0.15, -0.1) is 16.4 Å². The largest absolute Gasteiger partial charge is 0.497 e. The highest BCUT2D eigenvalue weighted by Crippen LogP contribution is 2.29. The van der Waals surface area contributed by atoms with Crippen LogP contribution in [0.3, 0.4) is 0 Å². The number of tetrazole rings is 1. The number of aromatic nitrogens is 4. The number of ether oxygens (including phenoxy) is 1. The first kappa shape index (κ1) is 19.8. The molecule has 1 atom stereocenters. The topological polar surface area (TPSA) is 59.3 Å². The number of methoxy groups -OCH3 is 1. The van der Waals surface area contributed by atoms with Crippen molar-refractivity contribution in [1.29, 1.82) is 0 Å². The predicted molar refractivity (Wildman–Crippen MR) is 116 cm³/mol. The molecule has 0 N–H and O–H groups in total. The van der Waals surface area contributed by atoms with Crippen LogP contribution in [-0.4, -0.2) is 58.4 Å². The van der Waals surface area contributed by atoms with Gasteiger partial charge in [0.05, 0.1) is 19.7 Å². The minimum absolute atomic E-state index is 0.211. The summed E-state index contributed by atoms with van der Waals surface area (Å²) < 4.78 is 7.24. The van der Waals surface area contributed by atoms with E-state index < -0.39 is 0 Å². The van der Waals surface area contributed by atoms with Gasteiger partial charge in [-0.3, -0.25) is 4.90 Å². The van der Waals surface area contributed by atoms with E-state index in [9.17, 15) is 0 Å². The summed E-state index contributed by atoms with van der Waals surface area (Å²) in [6, 6.07) is 12.7. The van der Waals surface area contributed by atoms with Gasteiger partial charge < -0.3 is 9.64 Å². The molecule has 0 amide bonds. The summed E-state index contributed by atoms with van der Waals surface area (Å²) in [5.74, 6) is 2.28. The van der Waals surface area contributed by atoms with Crippen molar-refractivity contribution in [2.45, 2.75) is 26.4 Å². The first-order valence-electron chi connectivity index (χ1n) is 10.1. The molecule has 0 saturated carbocycles. The van der Waals surface area contributed by atoms with Crippen LogP contribution in [0.25, 0.3) is 0 Å². The molecule has 1 fully saturated rings. The molecule has 8 heteroatoms. The number of rotatable bonds is 7. The van der Waals surface area contributed by atoms with Gasteiger partial charge in [0, 0.05) is 36.7 Å². The molecular formula is C21H28N6OS. The third-order valence-corrected chi connectivity index (χ3v) is 6.35. The van der Waals surface area contributed by atoms with Crippen molar-refractivity contribution in [3.8, 4) is 5.75 Å². The first-order valence-corrected chi connectivity index (χ1v) is 10.9. The molecule has 0 radical (unpaired) electrons. The van der Waals surface area contributed by atoms with Crippen LogP contribution in [0.15, 0.2) is 41.8 Å². The van der Waals surface area contributed by atoms with Crippen LogP contribution in [0.1, 0.15) is 30.6 Å². The highest BCUT2D eigenvalue weighted by molar-refractivity contribution is 7.09. The van der Waals surface area contributed by atoms with Gasteiger partial charge in [0.2, 0.25) is 0 Å². The molecule has 0 bridgehead atoms. The highest BCUT2D eigenvalue weighted by atomic mass is 32.1. The maximum Gasteiger partial charge on any atom is 0.169 e. The molecule has 3 heterocycles. The van der Waals surface area contributed by atoms with E-state index in [-0.39, 0.29) is 6.04 Å². The van der Waals surface area contributed by atoms with Crippen molar-refractivity contribution in [2.24, 2.45) is 5.92 Å². The summed E-state index contributed by atoms with van der Waals surface area (Å²) in [5.41, 5.74) is 1.24. The lowest BCUT2D eigenvalue weighted by molar-refractivity contribution is 0.135. The van der Waals surface area contributed by atoms with Gasteiger partial charge in [-0.25, -0.2) is 4.68 Å². The maximum atomic E-state index is 5.27. The summed E-state index contributed by atoms with van der Waals surface area (Å²) >= 11 is 1.74. The zero-order valence-corrected chi connectivity index (χ0v) is 18.0. The fraction of sp³-hybridized carbons (Fsp3) is 0.476. The minimum atomic E-state index is 0.211. The monoisotopic (exact) mass is 412 g/mol. The van der Waals surface area contributed by atoms with Crippen LogP contribution in [0.4, 0.5) is 5.69 Å². The Hall–Kier alpha value is -2.45. The van der Waals surface area contributed by atoms with E-state index in [2.05, 4.69) is 68.8 Å². The van der Waals surface area contributed by atoms with Crippen molar-refractivity contribution in [3.05, 3.63) is 52.5 Å². The predicted octanol–water partition coefficient (Wildman–Crippen LogP) is 3.31. The van der Waals surface area contributed by atoms with Crippen LogP contribution >= 0.6 is 11.3 Å². The van der Waals surface area contributed by atoms with Crippen LogP contribution in [0.2, 0.25) is 0 Å². The van der Waals surface area contributed by atoms with Crippen molar-refractivity contribution in [1.82, 2.24) is 25.1 Å². The van der Waals surface area contributed by atoms with Crippen LogP contribution in [-0.2, 0) is 6.54 Å². The Morgan fingerprint density at radius 3 is 2.45 bits per heavy atom. The number of piperazine rings is 1. The van der Waals surface area contributed by atoms with Crippen LogP contribution in [0, 0.1) is 5.92 Å². The molecule has 0 spiro atoms. The third-order valence-electron chi connectivity index (χ3n) is 5.49. The standard InChI is InChI=1S/C21H28N6OS/c1-16(2)20(21-22-23-24-27(21)15-19-5-4-14-29-19)26-12-10-25(11-13-26)17-6-8-18(28-3)9-7-17/h4-9,14,16,20H,10-13,15H2,1-3H3/t20-/m1/s1. The fourth-order valence-electron chi connectivity index (χ4n) is 4.02. The van der Waals surface area contributed by atoms with Gasteiger partial charge in [0.15, 0.2) is 5.82 Å². The zero-order chi connectivity index (χ0) is 20.2. The summed E-state index contributed by atoms with van der Waals surface area (Å²) in [5, 5.41) is 14.8.